The molecular formula is C18H29NO4. The van der Waals surface area contributed by atoms with Gasteiger partial charge in [-0.25, -0.2) is 4.79 Å². The van der Waals surface area contributed by atoms with Crippen LogP contribution in [0.25, 0.3) is 0 Å². The van der Waals surface area contributed by atoms with Crippen molar-refractivity contribution in [3.05, 3.63) is 28.8 Å². The van der Waals surface area contributed by atoms with E-state index in [9.17, 15) is 9.90 Å². The van der Waals surface area contributed by atoms with Gasteiger partial charge in [0.25, 0.3) is 0 Å². The molecule has 0 amide bonds. The Bertz CT molecular complexity index is 526. The summed E-state index contributed by atoms with van der Waals surface area (Å²) in [4.78, 5) is 14.2. The molecule has 1 N–H and O–H groups in total. The number of aryl methyl sites for hydroxylation is 1. The molecule has 0 aliphatic heterocycles. The van der Waals surface area contributed by atoms with Gasteiger partial charge in [0, 0.05) is 6.54 Å². The number of hydrogen-bond acceptors (Lipinski definition) is 5. The van der Waals surface area contributed by atoms with Crippen LogP contribution in [0.2, 0.25) is 0 Å². The SMILES string of the molecule is CCOC(=O)c1c(C)ccc(C(C)C)c1OCC(O)CN(C)C. The number of benzene rings is 1. The monoisotopic (exact) mass is 323 g/mol. The maximum absolute atomic E-state index is 12.3. The van der Waals surface area contributed by atoms with Crippen molar-refractivity contribution >= 4 is 5.97 Å². The zero-order valence-corrected chi connectivity index (χ0v) is 15.0. The summed E-state index contributed by atoms with van der Waals surface area (Å²) >= 11 is 0. The smallest absolute Gasteiger partial charge is 0.342 e. The van der Waals surface area contributed by atoms with Crippen LogP contribution in [0, 0.1) is 6.92 Å². The van der Waals surface area contributed by atoms with Gasteiger partial charge in [-0.2, -0.15) is 0 Å². The number of hydrogen-bond donors (Lipinski definition) is 1. The third-order valence-corrected chi connectivity index (χ3v) is 3.49. The van der Waals surface area contributed by atoms with Crippen LogP contribution in [0.1, 0.15) is 48.2 Å². The first kappa shape index (κ1) is 19.5. The van der Waals surface area contributed by atoms with E-state index in [1.807, 2.05) is 51.9 Å². The van der Waals surface area contributed by atoms with E-state index < -0.39 is 6.10 Å². The van der Waals surface area contributed by atoms with Gasteiger partial charge in [0.15, 0.2) is 0 Å². The lowest BCUT2D eigenvalue weighted by atomic mass is 9.96. The summed E-state index contributed by atoms with van der Waals surface area (Å²) in [7, 11) is 3.78. The van der Waals surface area contributed by atoms with Crippen molar-refractivity contribution < 1.29 is 19.4 Å². The Morgan fingerprint density at radius 2 is 1.96 bits per heavy atom. The minimum absolute atomic E-state index is 0.133. The fraction of sp³-hybridized carbons (Fsp3) is 0.611. The standard InChI is InChI=1S/C18H29NO4/c1-7-22-18(21)16-13(4)8-9-15(12(2)3)17(16)23-11-14(20)10-19(5)6/h8-9,12,14,20H,7,10-11H2,1-6H3. The molecule has 130 valence electrons. The number of carbonyl (C=O) groups excluding carboxylic acids is 1. The summed E-state index contributed by atoms with van der Waals surface area (Å²) in [6.07, 6.45) is -0.624. The van der Waals surface area contributed by atoms with E-state index in [4.69, 9.17) is 9.47 Å². The molecule has 0 bridgehead atoms. The Kier molecular flexibility index (Phi) is 7.52. The number of rotatable bonds is 8. The molecule has 1 aromatic rings. The molecule has 1 rings (SSSR count). The van der Waals surface area contributed by atoms with E-state index in [1.165, 1.54) is 0 Å². The average molecular weight is 323 g/mol. The van der Waals surface area contributed by atoms with Gasteiger partial charge in [-0.3, -0.25) is 0 Å². The highest BCUT2D eigenvalue weighted by Gasteiger charge is 2.22. The zero-order valence-electron chi connectivity index (χ0n) is 15.0. The van der Waals surface area contributed by atoms with Gasteiger partial charge in [-0.1, -0.05) is 26.0 Å². The summed E-state index contributed by atoms with van der Waals surface area (Å²) in [5.41, 5.74) is 2.20. The minimum atomic E-state index is -0.624. The molecule has 0 aliphatic carbocycles. The van der Waals surface area contributed by atoms with Gasteiger partial charge >= 0.3 is 5.97 Å². The molecule has 0 aromatic heterocycles. The molecule has 0 spiro atoms. The predicted molar refractivity (Wildman–Crippen MR) is 91.3 cm³/mol. The third-order valence-electron chi connectivity index (χ3n) is 3.49. The quantitative estimate of drug-likeness (QED) is 0.745. The summed E-state index contributed by atoms with van der Waals surface area (Å²) in [6.45, 7) is 8.67. The first-order valence-corrected chi connectivity index (χ1v) is 8.04. The second kappa shape index (κ2) is 8.89. The molecule has 0 saturated carbocycles. The Balaban J connectivity index is 3.14. The molecule has 1 aromatic carbocycles. The van der Waals surface area contributed by atoms with Crippen molar-refractivity contribution in [2.75, 3.05) is 33.9 Å². The van der Waals surface area contributed by atoms with Crippen molar-refractivity contribution in [3.8, 4) is 5.75 Å². The van der Waals surface area contributed by atoms with E-state index in [0.29, 0.717) is 24.5 Å². The molecular weight excluding hydrogens is 294 g/mol. The Morgan fingerprint density at radius 3 is 2.48 bits per heavy atom. The van der Waals surface area contributed by atoms with Crippen LogP contribution < -0.4 is 4.74 Å². The van der Waals surface area contributed by atoms with Crippen molar-refractivity contribution in [2.45, 2.75) is 39.7 Å². The lowest BCUT2D eigenvalue weighted by Crippen LogP contribution is -2.31. The fourth-order valence-electron chi connectivity index (χ4n) is 2.42. The Morgan fingerprint density at radius 1 is 1.30 bits per heavy atom. The van der Waals surface area contributed by atoms with Crippen LogP contribution in [0.4, 0.5) is 0 Å². The van der Waals surface area contributed by atoms with Crippen LogP contribution in [-0.2, 0) is 4.74 Å². The molecule has 0 radical (unpaired) electrons. The van der Waals surface area contributed by atoms with Gasteiger partial charge in [0.2, 0.25) is 0 Å². The summed E-state index contributed by atoms with van der Waals surface area (Å²) in [5, 5.41) is 10.0. The second-order valence-electron chi connectivity index (χ2n) is 6.28. The van der Waals surface area contributed by atoms with E-state index in [1.54, 1.807) is 6.92 Å². The highest BCUT2D eigenvalue weighted by atomic mass is 16.5. The number of carbonyl (C=O) groups is 1. The second-order valence-corrected chi connectivity index (χ2v) is 6.28. The van der Waals surface area contributed by atoms with Crippen LogP contribution in [0.3, 0.4) is 0 Å². The molecule has 5 heteroatoms. The van der Waals surface area contributed by atoms with Gasteiger partial charge in [-0.05, 0) is 45.0 Å². The average Bonchev–Trinajstić information content (AvgIpc) is 2.44. The molecule has 5 nitrogen and oxygen atoms in total. The van der Waals surface area contributed by atoms with Gasteiger partial charge in [-0.15, -0.1) is 0 Å². The van der Waals surface area contributed by atoms with Crippen LogP contribution in [0.15, 0.2) is 12.1 Å². The summed E-state index contributed by atoms with van der Waals surface area (Å²) in [5.74, 6) is 0.339. The summed E-state index contributed by atoms with van der Waals surface area (Å²) < 4.78 is 11.0. The van der Waals surface area contributed by atoms with Crippen LogP contribution in [0.5, 0.6) is 5.75 Å². The van der Waals surface area contributed by atoms with Crippen molar-refractivity contribution in [1.29, 1.82) is 0 Å². The Labute approximate surface area is 139 Å². The molecule has 0 aliphatic rings. The number of esters is 1. The number of nitrogens with zero attached hydrogens (tertiary/aromatic N) is 1. The highest BCUT2D eigenvalue weighted by Crippen LogP contribution is 2.33. The predicted octanol–water partition coefficient (Wildman–Crippen LogP) is 2.60. The van der Waals surface area contributed by atoms with Gasteiger partial charge in [0.05, 0.1) is 6.61 Å². The molecule has 1 unspecified atom stereocenters. The normalized spacial score (nSPS) is 12.6. The lowest BCUT2D eigenvalue weighted by molar-refractivity contribution is 0.0509. The molecule has 0 fully saturated rings. The highest BCUT2D eigenvalue weighted by molar-refractivity contribution is 5.94. The maximum Gasteiger partial charge on any atom is 0.342 e. The molecule has 23 heavy (non-hydrogen) atoms. The number of ether oxygens (including phenoxy) is 2. The zero-order chi connectivity index (χ0) is 17.6. The van der Waals surface area contributed by atoms with Crippen LogP contribution in [-0.4, -0.2) is 55.9 Å². The molecule has 0 heterocycles. The number of aliphatic hydroxyl groups excluding tert-OH is 1. The van der Waals surface area contributed by atoms with E-state index in [-0.39, 0.29) is 18.5 Å². The minimum Gasteiger partial charge on any atom is -0.490 e. The van der Waals surface area contributed by atoms with Crippen molar-refractivity contribution in [1.82, 2.24) is 4.90 Å². The van der Waals surface area contributed by atoms with Crippen molar-refractivity contribution in [3.63, 3.8) is 0 Å². The Hall–Kier alpha value is -1.59. The molecule has 1 atom stereocenters. The van der Waals surface area contributed by atoms with Crippen LogP contribution >= 0.6 is 0 Å². The first-order valence-electron chi connectivity index (χ1n) is 8.04. The largest absolute Gasteiger partial charge is 0.490 e. The number of aliphatic hydroxyl groups is 1. The van der Waals surface area contributed by atoms with E-state index >= 15 is 0 Å². The maximum atomic E-state index is 12.3. The van der Waals surface area contributed by atoms with Gasteiger partial charge in [0.1, 0.15) is 24.0 Å². The third kappa shape index (κ3) is 5.52. The number of likely N-dealkylation sites (N-methyl/N-ethyl adjacent to an activating group) is 1. The first-order chi connectivity index (χ1) is 10.8. The van der Waals surface area contributed by atoms with E-state index in [2.05, 4.69) is 0 Å². The lowest BCUT2D eigenvalue weighted by Gasteiger charge is -2.21. The molecule has 0 saturated heterocycles. The topological polar surface area (TPSA) is 59.0 Å². The summed E-state index contributed by atoms with van der Waals surface area (Å²) in [6, 6.07) is 3.88. The van der Waals surface area contributed by atoms with Crippen molar-refractivity contribution in [2.24, 2.45) is 0 Å². The van der Waals surface area contributed by atoms with E-state index in [0.717, 1.165) is 11.1 Å². The van der Waals surface area contributed by atoms with Gasteiger partial charge < -0.3 is 19.5 Å². The fourth-order valence-corrected chi connectivity index (χ4v) is 2.42.